The molecule has 45 heavy (non-hydrogen) atoms. The second-order valence-electron chi connectivity index (χ2n) is 11.5. The third-order valence-corrected chi connectivity index (χ3v) is 8.28. The number of thioether (sulfide) groups is 1. The summed E-state index contributed by atoms with van der Waals surface area (Å²) in [5.74, 6) is -3.00. The highest BCUT2D eigenvalue weighted by Crippen LogP contribution is 2.36. The topological polar surface area (TPSA) is 103 Å². The Balaban J connectivity index is 0.000000777. The number of aliphatic imine (C=N–C) groups is 1. The van der Waals surface area contributed by atoms with Gasteiger partial charge in [-0.25, -0.2) is 23.4 Å². The van der Waals surface area contributed by atoms with Gasteiger partial charge in [0.25, 0.3) is 0 Å². The Kier molecular flexibility index (Phi) is 16.1. The lowest BCUT2D eigenvalue weighted by Gasteiger charge is -2.38. The van der Waals surface area contributed by atoms with Gasteiger partial charge in [-0.15, -0.1) is 0 Å². The number of amidine groups is 1. The number of piperidine rings is 1. The van der Waals surface area contributed by atoms with E-state index in [0.29, 0.717) is 42.4 Å². The third kappa shape index (κ3) is 12.8. The molecule has 11 heteroatoms. The van der Waals surface area contributed by atoms with Crippen LogP contribution in [0.15, 0.2) is 53.5 Å². The first-order valence-electron chi connectivity index (χ1n) is 15.3. The molecule has 1 saturated heterocycles. The summed E-state index contributed by atoms with van der Waals surface area (Å²) < 4.78 is 31.9. The summed E-state index contributed by atoms with van der Waals surface area (Å²) in [7, 11) is 2.19. The number of likely N-dealkylation sites (tertiary alicyclic amines) is 1. The van der Waals surface area contributed by atoms with E-state index in [-0.39, 0.29) is 0 Å². The second-order valence-corrected chi connectivity index (χ2v) is 12.3. The third-order valence-electron chi connectivity index (χ3n) is 7.54. The van der Waals surface area contributed by atoms with E-state index in [2.05, 4.69) is 69.0 Å². The fourth-order valence-corrected chi connectivity index (χ4v) is 5.65. The number of hydrogen-bond acceptors (Lipinski definition) is 6. The van der Waals surface area contributed by atoms with Gasteiger partial charge in [0, 0.05) is 44.4 Å². The summed E-state index contributed by atoms with van der Waals surface area (Å²) in [4.78, 5) is 29.3. The molecule has 3 rings (SSSR count). The molecule has 248 valence electrons. The summed E-state index contributed by atoms with van der Waals surface area (Å²) in [6.07, 6.45) is 7.38. The average molecular weight is 648 g/mol. The lowest BCUT2D eigenvalue weighted by molar-refractivity contribution is -0.134. The van der Waals surface area contributed by atoms with E-state index in [0.717, 1.165) is 68.3 Å². The lowest BCUT2D eigenvalue weighted by atomic mass is 9.93. The van der Waals surface area contributed by atoms with E-state index in [1.54, 1.807) is 11.8 Å². The van der Waals surface area contributed by atoms with Crippen LogP contribution in [0.25, 0.3) is 0 Å². The monoisotopic (exact) mass is 647 g/mol. The van der Waals surface area contributed by atoms with Crippen molar-refractivity contribution in [1.82, 2.24) is 9.80 Å². The molecule has 0 unspecified atom stereocenters. The maximum absolute atomic E-state index is 13.3. The first kappa shape index (κ1) is 37.7. The molecule has 0 amide bonds. The first-order chi connectivity index (χ1) is 21.3. The van der Waals surface area contributed by atoms with Crippen LogP contribution in [0.4, 0.5) is 14.5 Å². The molecule has 1 aliphatic rings. The molecular weight excluding hydrogens is 600 g/mol. The van der Waals surface area contributed by atoms with E-state index in [1.165, 1.54) is 17.2 Å². The fraction of sp³-hybridized carbons (Fsp3) is 0.500. The highest BCUT2D eigenvalue weighted by molar-refractivity contribution is 8.13. The van der Waals surface area contributed by atoms with Crippen LogP contribution >= 0.6 is 11.8 Å². The number of hydrogen-bond donors (Lipinski definition) is 2. The number of nitrogens with zero attached hydrogens (tertiary/aromatic N) is 3. The van der Waals surface area contributed by atoms with Crippen molar-refractivity contribution < 1.29 is 33.3 Å². The summed E-state index contributed by atoms with van der Waals surface area (Å²) in [5, 5.41) is 16.7. The predicted molar refractivity (Wildman–Crippen MR) is 178 cm³/mol. The standard InChI is InChI=1S/C30H43F2N3OS.C4H4O4/c1-21(2)25-10-9-11-26(22(3)4)29(25)33-30(37-6)34(5)23-14-17-35(18-15-23)16-7-8-19-36-24-12-13-27(31)28(32)20-24;5-3(6)1-2-4(7)8/h9-13,20-23H,7-8,14-19H2,1-6H3;1-2H,(H,5,6)(H,7,8)/b;2-1+. The van der Waals surface area contributed by atoms with Crippen molar-refractivity contribution in [3.05, 3.63) is 71.3 Å². The second kappa shape index (κ2) is 19.2. The largest absolute Gasteiger partial charge is 0.493 e. The van der Waals surface area contributed by atoms with Crippen LogP contribution in [-0.2, 0) is 9.59 Å². The van der Waals surface area contributed by atoms with Gasteiger partial charge in [-0.3, -0.25) is 0 Å². The number of aliphatic carboxylic acids is 2. The Morgan fingerprint density at radius 1 is 1.00 bits per heavy atom. The molecule has 0 bridgehead atoms. The van der Waals surface area contributed by atoms with Crippen molar-refractivity contribution in [3.63, 3.8) is 0 Å². The maximum atomic E-state index is 13.3. The normalized spacial score (nSPS) is 14.5. The van der Waals surface area contributed by atoms with E-state index >= 15 is 0 Å². The van der Waals surface area contributed by atoms with Gasteiger partial charge in [-0.05, 0) is 73.6 Å². The lowest BCUT2D eigenvalue weighted by Crippen LogP contribution is -2.45. The number of unbranched alkanes of at least 4 members (excludes halogenated alkanes) is 1. The molecule has 2 aromatic carbocycles. The summed E-state index contributed by atoms with van der Waals surface area (Å²) in [5.41, 5.74) is 3.77. The molecule has 2 aromatic rings. The molecule has 1 heterocycles. The van der Waals surface area contributed by atoms with Crippen molar-refractivity contribution >= 4 is 34.6 Å². The number of carboxylic acids is 2. The maximum Gasteiger partial charge on any atom is 0.328 e. The average Bonchev–Trinajstić information content (AvgIpc) is 3.00. The van der Waals surface area contributed by atoms with Gasteiger partial charge in [0.1, 0.15) is 5.75 Å². The Hall–Kier alpha value is -3.44. The van der Waals surface area contributed by atoms with Crippen molar-refractivity contribution in [3.8, 4) is 5.75 Å². The van der Waals surface area contributed by atoms with Crippen molar-refractivity contribution in [2.75, 3.05) is 39.5 Å². The van der Waals surface area contributed by atoms with Gasteiger partial charge < -0.3 is 24.7 Å². The fourth-order valence-electron chi connectivity index (χ4n) is 5.03. The molecule has 1 aliphatic heterocycles. The first-order valence-corrected chi connectivity index (χ1v) is 16.5. The molecule has 0 radical (unpaired) electrons. The quantitative estimate of drug-likeness (QED) is 0.106. The number of para-hydroxylation sites is 1. The number of carbonyl (C=O) groups is 2. The van der Waals surface area contributed by atoms with E-state index in [4.69, 9.17) is 19.9 Å². The van der Waals surface area contributed by atoms with Gasteiger partial charge in [-0.2, -0.15) is 0 Å². The zero-order valence-corrected chi connectivity index (χ0v) is 27.9. The van der Waals surface area contributed by atoms with Gasteiger partial charge in [0.15, 0.2) is 16.8 Å². The summed E-state index contributed by atoms with van der Waals surface area (Å²) in [6, 6.07) is 10.8. The Morgan fingerprint density at radius 3 is 2.07 bits per heavy atom. The van der Waals surface area contributed by atoms with Crippen molar-refractivity contribution in [2.45, 2.75) is 71.3 Å². The van der Waals surface area contributed by atoms with Crippen LogP contribution < -0.4 is 4.74 Å². The highest BCUT2D eigenvalue weighted by atomic mass is 32.2. The molecule has 0 aliphatic carbocycles. The number of rotatable bonds is 12. The molecule has 2 N–H and O–H groups in total. The van der Waals surface area contributed by atoms with Crippen LogP contribution in [0.3, 0.4) is 0 Å². The van der Waals surface area contributed by atoms with E-state index in [1.807, 2.05) is 0 Å². The SMILES string of the molecule is CSC(=Nc1c(C(C)C)cccc1C(C)C)N(C)C1CCN(CCCCOc2ccc(F)c(F)c2)CC1.O=C(O)/C=C/C(=O)O. The molecule has 1 fully saturated rings. The van der Waals surface area contributed by atoms with E-state index in [9.17, 15) is 18.4 Å². The molecule has 0 saturated carbocycles. The number of benzene rings is 2. The molecular formula is C34H47F2N3O5S. The summed E-state index contributed by atoms with van der Waals surface area (Å²) >= 11 is 1.73. The Bertz CT molecular complexity index is 1270. The minimum absolute atomic E-state index is 0.380. The zero-order valence-electron chi connectivity index (χ0n) is 27.1. The smallest absolute Gasteiger partial charge is 0.328 e. The molecule has 0 aromatic heterocycles. The van der Waals surface area contributed by atoms with Gasteiger partial charge in [0.2, 0.25) is 0 Å². The number of ether oxygens (including phenoxy) is 1. The highest BCUT2D eigenvalue weighted by Gasteiger charge is 2.25. The van der Waals surface area contributed by atoms with E-state index < -0.39 is 23.6 Å². The van der Waals surface area contributed by atoms with Gasteiger partial charge in [-0.1, -0.05) is 57.7 Å². The number of carboxylic acid groups (broad SMARTS) is 2. The minimum Gasteiger partial charge on any atom is -0.493 e. The van der Waals surface area contributed by atoms with Crippen LogP contribution in [0.5, 0.6) is 5.75 Å². The molecule has 0 atom stereocenters. The molecule has 0 spiro atoms. The Labute approximate surface area is 270 Å². The van der Waals surface area contributed by atoms with Crippen LogP contribution in [0.2, 0.25) is 0 Å². The van der Waals surface area contributed by atoms with Gasteiger partial charge >= 0.3 is 11.9 Å². The Morgan fingerprint density at radius 2 is 1.58 bits per heavy atom. The van der Waals surface area contributed by atoms with Crippen LogP contribution in [0.1, 0.15) is 76.3 Å². The predicted octanol–water partition coefficient (Wildman–Crippen LogP) is 7.53. The van der Waals surface area contributed by atoms with Crippen LogP contribution in [0, 0.1) is 11.6 Å². The number of halogens is 2. The van der Waals surface area contributed by atoms with Crippen molar-refractivity contribution in [2.24, 2.45) is 4.99 Å². The van der Waals surface area contributed by atoms with Gasteiger partial charge in [0.05, 0.1) is 12.3 Å². The van der Waals surface area contributed by atoms with Crippen LogP contribution in [-0.4, -0.2) is 82.7 Å². The summed E-state index contributed by atoms with van der Waals surface area (Å²) in [6.45, 7) is 12.6. The minimum atomic E-state index is -1.26. The zero-order chi connectivity index (χ0) is 33.5. The molecule has 8 nitrogen and oxygen atoms in total. The van der Waals surface area contributed by atoms with Crippen molar-refractivity contribution in [1.29, 1.82) is 0 Å².